The van der Waals surface area contributed by atoms with Crippen LogP contribution in [-0.2, 0) is 11.4 Å². The van der Waals surface area contributed by atoms with Gasteiger partial charge in [0.25, 0.3) is 0 Å². The molecule has 13 heavy (non-hydrogen) atoms. The van der Waals surface area contributed by atoms with E-state index in [0.29, 0.717) is 0 Å². The molecule has 72 valence electrons. The first-order valence-electron chi connectivity index (χ1n) is 3.21. The summed E-state index contributed by atoms with van der Waals surface area (Å²) in [6, 6.07) is 1.07. The highest BCUT2D eigenvalue weighted by Gasteiger charge is 2.16. The minimum atomic E-state index is -1.54. The lowest BCUT2D eigenvalue weighted by Crippen LogP contribution is -2.04. The maximum absolute atomic E-state index is 12.9. The zero-order valence-electron chi connectivity index (χ0n) is 6.28. The number of hydrogen-bond donors (Lipinski definition) is 1. The summed E-state index contributed by atoms with van der Waals surface area (Å²) in [4.78, 5) is 4.11. The molecule has 0 aliphatic carbocycles. The molecular weight excluding hydrogens is 251 g/mol. The maximum Gasteiger partial charge on any atom is 0.195 e. The zero-order chi connectivity index (χ0) is 10.0. The molecule has 0 unspecified atom stereocenters. The molecule has 0 radical (unpaired) electrons. The topological polar surface area (TPSA) is 35.2 Å². The molecule has 1 rings (SSSR count). The Balaban J connectivity index is 3.24. The van der Waals surface area contributed by atoms with Gasteiger partial charge in [-0.1, -0.05) is 0 Å². The zero-order valence-corrected chi connectivity index (χ0v) is 7.87. The highest BCUT2D eigenvalue weighted by atomic mass is 79.9. The average Bonchev–Trinajstić information content (AvgIpc) is 2.11. The summed E-state index contributed by atoms with van der Waals surface area (Å²) in [5, 5.41) is 0. The van der Waals surface area contributed by atoms with Crippen molar-refractivity contribution < 1.29 is 18.0 Å². The molecule has 1 aromatic carbocycles. The van der Waals surface area contributed by atoms with Gasteiger partial charge in [0.05, 0.1) is 11.1 Å². The highest BCUT2D eigenvalue weighted by molar-refractivity contribution is 9.10. The van der Waals surface area contributed by atoms with Crippen LogP contribution in [-0.4, -0.2) is 0 Å². The molecule has 0 bridgehead atoms. The van der Waals surface area contributed by atoms with Crippen LogP contribution in [0.3, 0.4) is 0 Å². The normalized spacial score (nSPS) is 10.5. The van der Waals surface area contributed by atoms with Crippen molar-refractivity contribution in [2.45, 2.75) is 6.61 Å². The molecule has 1 aromatic rings. The molecule has 0 saturated carbocycles. The SMILES string of the molecule is NOCc1cc(Br)c(F)c(F)c1F. The third-order valence-electron chi connectivity index (χ3n) is 1.42. The number of halogens is 4. The van der Waals surface area contributed by atoms with E-state index in [2.05, 4.69) is 26.7 Å². The molecule has 0 fully saturated rings. The summed E-state index contributed by atoms with van der Waals surface area (Å²) in [7, 11) is 0. The second kappa shape index (κ2) is 4.08. The summed E-state index contributed by atoms with van der Waals surface area (Å²) < 4.78 is 38.1. The number of benzene rings is 1. The lowest BCUT2D eigenvalue weighted by Gasteiger charge is -2.04. The fourth-order valence-electron chi connectivity index (χ4n) is 0.817. The van der Waals surface area contributed by atoms with Crippen LogP contribution in [0.5, 0.6) is 0 Å². The first kappa shape index (κ1) is 10.5. The van der Waals surface area contributed by atoms with Crippen molar-refractivity contribution >= 4 is 15.9 Å². The second-order valence-corrected chi connectivity index (χ2v) is 3.12. The van der Waals surface area contributed by atoms with E-state index < -0.39 is 17.5 Å². The van der Waals surface area contributed by atoms with Crippen molar-refractivity contribution in [1.82, 2.24) is 0 Å². The predicted octanol–water partition coefficient (Wildman–Crippen LogP) is 2.26. The number of rotatable bonds is 2. The molecule has 0 amide bonds. The first-order chi connectivity index (χ1) is 6.07. The van der Waals surface area contributed by atoms with Gasteiger partial charge in [-0.2, -0.15) is 0 Å². The molecule has 2 N–H and O–H groups in total. The molecule has 6 heteroatoms. The van der Waals surface area contributed by atoms with Crippen LogP contribution >= 0.6 is 15.9 Å². The third-order valence-corrected chi connectivity index (χ3v) is 1.99. The molecule has 0 aliphatic rings. The Hall–Kier alpha value is -0.590. The monoisotopic (exact) mass is 255 g/mol. The Kier molecular flexibility index (Phi) is 3.29. The van der Waals surface area contributed by atoms with Gasteiger partial charge in [-0.25, -0.2) is 19.1 Å². The van der Waals surface area contributed by atoms with Crippen LogP contribution in [0.15, 0.2) is 10.5 Å². The lowest BCUT2D eigenvalue weighted by atomic mass is 10.2. The van der Waals surface area contributed by atoms with Crippen LogP contribution in [0.1, 0.15) is 5.56 Å². The summed E-state index contributed by atoms with van der Waals surface area (Å²) in [5.41, 5.74) is -0.145. The van der Waals surface area contributed by atoms with Gasteiger partial charge in [0.15, 0.2) is 17.5 Å². The largest absolute Gasteiger partial charge is 0.300 e. The van der Waals surface area contributed by atoms with E-state index in [1.54, 1.807) is 0 Å². The van der Waals surface area contributed by atoms with Crippen LogP contribution < -0.4 is 5.90 Å². The quantitative estimate of drug-likeness (QED) is 0.500. The third kappa shape index (κ3) is 2.01. The van der Waals surface area contributed by atoms with E-state index in [0.717, 1.165) is 6.07 Å². The number of hydrogen-bond acceptors (Lipinski definition) is 2. The van der Waals surface area contributed by atoms with Crippen molar-refractivity contribution in [2.24, 2.45) is 5.90 Å². The Morgan fingerprint density at radius 3 is 2.38 bits per heavy atom. The fraction of sp³-hybridized carbons (Fsp3) is 0.143. The van der Waals surface area contributed by atoms with Gasteiger partial charge < -0.3 is 0 Å². The van der Waals surface area contributed by atoms with Gasteiger partial charge in [0.1, 0.15) is 0 Å². The van der Waals surface area contributed by atoms with Crippen molar-refractivity contribution in [3.8, 4) is 0 Å². The van der Waals surface area contributed by atoms with Gasteiger partial charge in [0.2, 0.25) is 0 Å². The Bertz CT molecular complexity index is 332. The smallest absolute Gasteiger partial charge is 0.195 e. The minimum Gasteiger partial charge on any atom is -0.300 e. The van der Waals surface area contributed by atoms with Crippen LogP contribution in [0.25, 0.3) is 0 Å². The van der Waals surface area contributed by atoms with E-state index in [-0.39, 0.29) is 16.6 Å². The van der Waals surface area contributed by atoms with E-state index in [4.69, 9.17) is 0 Å². The standard InChI is InChI=1S/C7H5BrF3NO/c8-4-1-3(2-13-12)5(9)7(11)6(4)10/h1H,2,12H2. The Morgan fingerprint density at radius 1 is 1.23 bits per heavy atom. The average molecular weight is 256 g/mol. The number of nitrogens with two attached hydrogens (primary N) is 1. The van der Waals surface area contributed by atoms with Gasteiger partial charge >= 0.3 is 0 Å². The second-order valence-electron chi connectivity index (χ2n) is 2.27. The van der Waals surface area contributed by atoms with E-state index in [1.807, 2.05) is 0 Å². The van der Waals surface area contributed by atoms with Crippen LogP contribution in [0, 0.1) is 17.5 Å². The van der Waals surface area contributed by atoms with Crippen molar-refractivity contribution in [3.05, 3.63) is 33.6 Å². The Morgan fingerprint density at radius 2 is 1.85 bits per heavy atom. The van der Waals surface area contributed by atoms with Crippen LogP contribution in [0.4, 0.5) is 13.2 Å². The summed E-state index contributed by atoms with van der Waals surface area (Å²) in [6.45, 7) is -0.318. The summed E-state index contributed by atoms with van der Waals surface area (Å²) >= 11 is 2.72. The fourth-order valence-corrected chi connectivity index (χ4v) is 1.27. The van der Waals surface area contributed by atoms with E-state index in [1.165, 1.54) is 0 Å². The van der Waals surface area contributed by atoms with Crippen molar-refractivity contribution in [1.29, 1.82) is 0 Å². The van der Waals surface area contributed by atoms with Gasteiger partial charge in [-0.15, -0.1) is 0 Å². The predicted molar refractivity (Wildman–Crippen MR) is 43.0 cm³/mol. The van der Waals surface area contributed by atoms with Gasteiger partial charge in [0, 0.05) is 5.56 Å². The van der Waals surface area contributed by atoms with Crippen molar-refractivity contribution in [3.63, 3.8) is 0 Å². The molecule has 0 heterocycles. The molecule has 0 aromatic heterocycles. The molecule has 0 atom stereocenters. The molecular formula is C7H5BrF3NO. The Labute approximate surface area is 80.6 Å². The summed E-state index contributed by atoms with van der Waals surface area (Å²) in [5.74, 6) is 0.578. The van der Waals surface area contributed by atoms with Gasteiger partial charge in [-0.05, 0) is 22.0 Å². The summed E-state index contributed by atoms with van der Waals surface area (Å²) in [6.07, 6.45) is 0. The highest BCUT2D eigenvalue weighted by Crippen LogP contribution is 2.23. The lowest BCUT2D eigenvalue weighted by molar-refractivity contribution is 0.120. The molecule has 0 aliphatic heterocycles. The van der Waals surface area contributed by atoms with Gasteiger partial charge in [-0.3, -0.25) is 4.84 Å². The van der Waals surface area contributed by atoms with E-state index >= 15 is 0 Å². The minimum absolute atomic E-state index is 0.145. The maximum atomic E-state index is 12.9. The van der Waals surface area contributed by atoms with Crippen LogP contribution in [0.2, 0.25) is 0 Å². The van der Waals surface area contributed by atoms with E-state index in [9.17, 15) is 13.2 Å². The van der Waals surface area contributed by atoms with Crippen molar-refractivity contribution in [2.75, 3.05) is 0 Å². The molecule has 2 nitrogen and oxygen atoms in total. The first-order valence-corrected chi connectivity index (χ1v) is 4.00. The molecule has 0 spiro atoms. The molecule has 0 saturated heterocycles.